The maximum absolute atomic E-state index is 13.0. The molecule has 3 saturated heterocycles. The number of rotatable bonds is 2. The average molecular weight is 349 g/mol. The number of hydrogen-bond donors (Lipinski definition) is 1. The Morgan fingerprint density at radius 1 is 1.04 bits per heavy atom. The van der Waals surface area contributed by atoms with E-state index in [4.69, 9.17) is 0 Å². The summed E-state index contributed by atoms with van der Waals surface area (Å²) >= 11 is 4.06. The second kappa shape index (κ2) is 7.08. The Bertz CT molecular complexity index is 543. The van der Waals surface area contributed by atoms with E-state index in [-0.39, 0.29) is 5.91 Å². The van der Waals surface area contributed by atoms with E-state index in [0.29, 0.717) is 16.7 Å². The van der Waals surface area contributed by atoms with Gasteiger partial charge in [-0.2, -0.15) is 0 Å². The van der Waals surface area contributed by atoms with E-state index < -0.39 is 0 Å². The largest absolute Gasteiger partial charge is 0.331 e. The normalized spacial score (nSPS) is 28.6. The van der Waals surface area contributed by atoms with Crippen LogP contribution in [0.15, 0.2) is 24.3 Å². The zero-order valence-corrected chi connectivity index (χ0v) is 15.0. The highest BCUT2D eigenvalue weighted by Gasteiger charge is 2.38. The van der Waals surface area contributed by atoms with E-state index >= 15 is 0 Å². The molecule has 0 aromatic heterocycles. The second-order valence-corrected chi connectivity index (χ2v) is 9.36. The molecule has 0 radical (unpaired) electrons. The summed E-state index contributed by atoms with van der Waals surface area (Å²) in [5.41, 5.74) is 2.22. The topological polar surface area (TPSA) is 32.3 Å². The number of nitrogens with one attached hydrogen (secondary N) is 1. The van der Waals surface area contributed by atoms with Crippen molar-refractivity contribution in [3.63, 3.8) is 0 Å². The van der Waals surface area contributed by atoms with Gasteiger partial charge in [0.2, 0.25) is 0 Å². The van der Waals surface area contributed by atoms with Gasteiger partial charge in [0.1, 0.15) is 0 Å². The number of nitrogens with zero attached hydrogens (tertiary/aromatic N) is 1. The molecule has 3 fully saturated rings. The first-order valence-electron chi connectivity index (χ1n) is 8.69. The Labute approximate surface area is 147 Å². The van der Waals surface area contributed by atoms with Crippen molar-refractivity contribution in [2.45, 2.75) is 42.3 Å². The highest BCUT2D eigenvalue weighted by atomic mass is 32.2. The molecule has 0 saturated carbocycles. The van der Waals surface area contributed by atoms with Gasteiger partial charge in [0, 0.05) is 24.2 Å². The summed E-state index contributed by atoms with van der Waals surface area (Å²) in [6.45, 7) is 2.00. The Morgan fingerprint density at radius 3 is 2.57 bits per heavy atom. The molecule has 1 amide bonds. The van der Waals surface area contributed by atoms with Crippen LogP contribution in [-0.4, -0.2) is 47.5 Å². The van der Waals surface area contributed by atoms with Crippen LogP contribution in [0.1, 0.15) is 46.2 Å². The van der Waals surface area contributed by atoms with Crippen molar-refractivity contribution in [1.82, 2.24) is 10.2 Å². The molecule has 3 aliphatic rings. The molecule has 1 N–H and O–H groups in total. The third-order valence-electron chi connectivity index (χ3n) is 5.15. The predicted octanol–water partition coefficient (Wildman–Crippen LogP) is 3.52. The lowest BCUT2D eigenvalue weighted by Crippen LogP contribution is -2.42. The van der Waals surface area contributed by atoms with Crippen LogP contribution in [0.3, 0.4) is 0 Å². The van der Waals surface area contributed by atoms with Gasteiger partial charge in [0.05, 0.1) is 4.58 Å². The van der Waals surface area contributed by atoms with Gasteiger partial charge in [-0.1, -0.05) is 12.1 Å². The molecule has 124 valence electrons. The third kappa shape index (κ3) is 3.28. The van der Waals surface area contributed by atoms with E-state index in [1.165, 1.54) is 29.9 Å². The molecular formula is C18H24N2OS2. The molecule has 23 heavy (non-hydrogen) atoms. The quantitative estimate of drug-likeness (QED) is 0.886. The van der Waals surface area contributed by atoms with E-state index in [9.17, 15) is 4.79 Å². The van der Waals surface area contributed by atoms with Crippen molar-refractivity contribution < 1.29 is 4.79 Å². The van der Waals surface area contributed by atoms with Gasteiger partial charge in [-0.25, -0.2) is 0 Å². The Hall–Kier alpha value is -0.650. The number of hydrogen-bond acceptors (Lipinski definition) is 4. The van der Waals surface area contributed by atoms with Crippen molar-refractivity contribution in [3.05, 3.63) is 35.4 Å². The maximum atomic E-state index is 13.0. The van der Waals surface area contributed by atoms with Crippen LogP contribution in [0.25, 0.3) is 0 Å². The van der Waals surface area contributed by atoms with Gasteiger partial charge in [0.25, 0.3) is 5.91 Å². The number of carbonyl (C=O) groups is 1. The standard InChI is InChI=1S/C18H24N2OS2/c21-17(20-15-6-7-16(20)12-19-9-8-15)13-2-4-14(5-3-13)18-22-10-1-11-23-18/h2-5,15-16,18-19H,1,6-12H2. The minimum Gasteiger partial charge on any atom is -0.331 e. The number of thioether (sulfide) groups is 2. The van der Waals surface area contributed by atoms with Crippen LogP contribution in [0.5, 0.6) is 0 Å². The molecular weight excluding hydrogens is 324 g/mol. The zero-order valence-electron chi connectivity index (χ0n) is 13.4. The van der Waals surface area contributed by atoms with Gasteiger partial charge in [-0.15, -0.1) is 23.5 Å². The molecule has 0 aliphatic carbocycles. The molecule has 3 nitrogen and oxygen atoms in total. The first kappa shape index (κ1) is 15.9. The minimum absolute atomic E-state index is 0.233. The van der Waals surface area contributed by atoms with Crippen LogP contribution in [0, 0.1) is 0 Å². The molecule has 1 aromatic rings. The SMILES string of the molecule is O=C(c1ccc(C2SCCCS2)cc1)N1C2CCNCC1CC2. The number of benzene rings is 1. The maximum Gasteiger partial charge on any atom is 0.254 e. The molecule has 2 atom stereocenters. The van der Waals surface area contributed by atoms with Crippen molar-refractivity contribution in [1.29, 1.82) is 0 Å². The fourth-order valence-corrected chi connectivity index (χ4v) is 6.82. The lowest BCUT2D eigenvalue weighted by molar-refractivity contribution is 0.0680. The fourth-order valence-electron chi connectivity index (χ4n) is 3.93. The highest BCUT2D eigenvalue weighted by molar-refractivity contribution is 8.16. The van der Waals surface area contributed by atoms with Crippen molar-refractivity contribution in [2.24, 2.45) is 0 Å². The van der Waals surface area contributed by atoms with Crippen LogP contribution in [0.4, 0.5) is 0 Å². The first-order valence-corrected chi connectivity index (χ1v) is 10.8. The molecule has 5 heteroatoms. The fraction of sp³-hybridized carbons (Fsp3) is 0.611. The van der Waals surface area contributed by atoms with E-state index in [1.807, 2.05) is 35.7 Å². The molecule has 3 heterocycles. The average Bonchev–Trinajstić information content (AvgIpc) is 2.88. The van der Waals surface area contributed by atoms with E-state index in [2.05, 4.69) is 22.3 Å². The van der Waals surface area contributed by atoms with Gasteiger partial charge in [-0.3, -0.25) is 4.79 Å². The molecule has 1 aromatic carbocycles. The van der Waals surface area contributed by atoms with Crippen LogP contribution in [0.2, 0.25) is 0 Å². The Morgan fingerprint density at radius 2 is 1.78 bits per heavy atom. The number of carbonyl (C=O) groups excluding carboxylic acids is 1. The molecule has 3 aliphatic heterocycles. The van der Waals surface area contributed by atoms with Gasteiger partial charge in [0.15, 0.2) is 0 Å². The molecule has 4 rings (SSSR count). The summed E-state index contributed by atoms with van der Waals surface area (Å²) in [6, 6.07) is 9.25. The van der Waals surface area contributed by atoms with Crippen molar-refractivity contribution >= 4 is 29.4 Å². The number of fused-ring (bicyclic) bond motifs is 2. The lowest BCUT2D eigenvalue weighted by atomic mass is 10.1. The van der Waals surface area contributed by atoms with Crippen LogP contribution >= 0.6 is 23.5 Å². The molecule has 2 bridgehead atoms. The Kier molecular flexibility index (Phi) is 4.88. The van der Waals surface area contributed by atoms with Gasteiger partial charge in [-0.05, 0) is 61.4 Å². The minimum atomic E-state index is 0.233. The van der Waals surface area contributed by atoms with E-state index in [1.54, 1.807) is 0 Å². The summed E-state index contributed by atoms with van der Waals surface area (Å²) in [4.78, 5) is 15.2. The zero-order chi connectivity index (χ0) is 15.6. The van der Waals surface area contributed by atoms with Gasteiger partial charge < -0.3 is 10.2 Å². The highest BCUT2D eigenvalue weighted by Crippen LogP contribution is 2.43. The number of amides is 1. The molecule has 2 unspecified atom stereocenters. The van der Waals surface area contributed by atoms with Gasteiger partial charge >= 0.3 is 0 Å². The molecule has 0 spiro atoms. The summed E-state index contributed by atoms with van der Waals surface area (Å²) < 4.78 is 0.548. The summed E-state index contributed by atoms with van der Waals surface area (Å²) in [7, 11) is 0. The second-order valence-electron chi connectivity index (χ2n) is 6.64. The van der Waals surface area contributed by atoms with E-state index in [0.717, 1.165) is 31.5 Å². The monoisotopic (exact) mass is 348 g/mol. The van der Waals surface area contributed by atoms with Crippen molar-refractivity contribution in [3.8, 4) is 0 Å². The third-order valence-corrected chi connectivity index (χ3v) is 8.16. The van der Waals surface area contributed by atoms with Crippen molar-refractivity contribution in [2.75, 3.05) is 24.6 Å². The van der Waals surface area contributed by atoms with Crippen LogP contribution < -0.4 is 5.32 Å². The summed E-state index contributed by atoms with van der Waals surface area (Å²) in [5.74, 6) is 2.74. The lowest BCUT2D eigenvalue weighted by Gasteiger charge is -2.28. The smallest absolute Gasteiger partial charge is 0.254 e. The summed E-state index contributed by atoms with van der Waals surface area (Å²) in [6.07, 6.45) is 4.73. The van der Waals surface area contributed by atoms with Crippen LogP contribution in [-0.2, 0) is 0 Å². The summed E-state index contributed by atoms with van der Waals surface area (Å²) in [5, 5.41) is 3.47. The predicted molar refractivity (Wildman–Crippen MR) is 99.2 cm³/mol. The Balaban J connectivity index is 1.50. The first-order chi connectivity index (χ1) is 11.3.